The lowest BCUT2D eigenvalue weighted by atomic mass is 10.2. The summed E-state index contributed by atoms with van der Waals surface area (Å²) in [6.45, 7) is 0.829. The minimum atomic E-state index is -0.186. The highest BCUT2D eigenvalue weighted by molar-refractivity contribution is 5.97. The summed E-state index contributed by atoms with van der Waals surface area (Å²) in [6.07, 6.45) is 1.44. The summed E-state index contributed by atoms with van der Waals surface area (Å²) in [5.74, 6) is -0.0692. The molecule has 1 heterocycles. The van der Waals surface area contributed by atoms with E-state index in [1.54, 1.807) is 35.2 Å². The van der Waals surface area contributed by atoms with Crippen LogP contribution in [0.3, 0.4) is 0 Å². The molecule has 6 heteroatoms. The number of hydrogen-bond donors (Lipinski definition) is 2. The lowest BCUT2D eigenvalue weighted by Gasteiger charge is -2.17. The molecular weight excluding hydrogens is 316 g/mol. The Bertz CT molecular complexity index is 824. The average molecular weight is 334 g/mol. The molecule has 0 radical (unpaired) electrons. The molecule has 0 atom stereocenters. The van der Waals surface area contributed by atoms with Gasteiger partial charge in [0.15, 0.2) is 0 Å². The molecule has 1 saturated heterocycles. The maximum absolute atomic E-state index is 12.1. The van der Waals surface area contributed by atoms with E-state index in [-0.39, 0.29) is 18.4 Å². The zero-order valence-electron chi connectivity index (χ0n) is 13.7. The number of benzene rings is 2. The lowest BCUT2D eigenvalue weighted by molar-refractivity contribution is -0.117. The molecule has 0 aliphatic carbocycles. The van der Waals surface area contributed by atoms with E-state index in [1.165, 1.54) is 0 Å². The van der Waals surface area contributed by atoms with E-state index in [4.69, 9.17) is 5.26 Å². The second-order valence-corrected chi connectivity index (χ2v) is 5.79. The van der Waals surface area contributed by atoms with Crippen molar-refractivity contribution in [2.45, 2.75) is 12.8 Å². The highest BCUT2D eigenvalue weighted by Gasteiger charge is 2.21. The van der Waals surface area contributed by atoms with Crippen LogP contribution in [-0.2, 0) is 9.59 Å². The summed E-state index contributed by atoms with van der Waals surface area (Å²) in [4.78, 5) is 25.7. The standard InChI is InChI=1S/C19H18N4O2/c20-12-14-6-8-15(9-7-14)21-13-18(24)22-16-3-1-4-17(11-16)23-10-2-5-19(23)25/h1,3-4,6-9,11,21H,2,5,10,13H2,(H,22,24). The highest BCUT2D eigenvalue weighted by atomic mass is 16.2. The lowest BCUT2D eigenvalue weighted by Crippen LogP contribution is -2.24. The fourth-order valence-electron chi connectivity index (χ4n) is 2.72. The van der Waals surface area contributed by atoms with Crippen molar-refractivity contribution < 1.29 is 9.59 Å². The van der Waals surface area contributed by atoms with Crippen LogP contribution in [0.4, 0.5) is 17.1 Å². The van der Waals surface area contributed by atoms with Crippen molar-refractivity contribution in [1.82, 2.24) is 0 Å². The van der Waals surface area contributed by atoms with Gasteiger partial charge < -0.3 is 15.5 Å². The van der Waals surface area contributed by atoms with Gasteiger partial charge >= 0.3 is 0 Å². The van der Waals surface area contributed by atoms with Crippen molar-refractivity contribution in [3.8, 4) is 6.07 Å². The number of hydrogen-bond acceptors (Lipinski definition) is 4. The number of carbonyl (C=O) groups is 2. The fraction of sp³-hybridized carbons (Fsp3) is 0.211. The molecule has 2 amide bonds. The summed E-state index contributed by atoms with van der Waals surface area (Å²) in [7, 11) is 0. The van der Waals surface area contributed by atoms with E-state index in [9.17, 15) is 9.59 Å². The quantitative estimate of drug-likeness (QED) is 0.880. The first-order valence-electron chi connectivity index (χ1n) is 8.10. The smallest absolute Gasteiger partial charge is 0.243 e. The van der Waals surface area contributed by atoms with E-state index in [0.29, 0.717) is 17.7 Å². The van der Waals surface area contributed by atoms with E-state index >= 15 is 0 Å². The molecule has 2 aromatic carbocycles. The summed E-state index contributed by atoms with van der Waals surface area (Å²) in [5.41, 5.74) is 2.80. The molecule has 1 aliphatic rings. The van der Waals surface area contributed by atoms with Crippen LogP contribution in [0.2, 0.25) is 0 Å². The van der Waals surface area contributed by atoms with Gasteiger partial charge in [-0.3, -0.25) is 9.59 Å². The normalized spacial score (nSPS) is 13.4. The van der Waals surface area contributed by atoms with Gasteiger partial charge in [-0.05, 0) is 48.9 Å². The van der Waals surface area contributed by atoms with Crippen LogP contribution in [-0.4, -0.2) is 24.9 Å². The molecule has 1 fully saturated rings. The Hall–Kier alpha value is -3.33. The largest absolute Gasteiger partial charge is 0.376 e. The molecule has 0 unspecified atom stereocenters. The SMILES string of the molecule is N#Cc1ccc(NCC(=O)Nc2cccc(N3CCCC3=O)c2)cc1. The van der Waals surface area contributed by atoms with Crippen molar-refractivity contribution in [2.24, 2.45) is 0 Å². The number of carbonyl (C=O) groups excluding carboxylic acids is 2. The van der Waals surface area contributed by atoms with Gasteiger partial charge in [0.25, 0.3) is 0 Å². The maximum Gasteiger partial charge on any atom is 0.243 e. The van der Waals surface area contributed by atoms with Crippen LogP contribution in [0, 0.1) is 11.3 Å². The average Bonchev–Trinajstić information content (AvgIpc) is 3.06. The Balaban J connectivity index is 1.57. The summed E-state index contributed by atoms with van der Waals surface area (Å²) < 4.78 is 0. The van der Waals surface area contributed by atoms with Crippen molar-refractivity contribution in [1.29, 1.82) is 5.26 Å². The molecule has 2 aromatic rings. The molecule has 1 aliphatic heterocycles. The second-order valence-electron chi connectivity index (χ2n) is 5.79. The molecule has 2 N–H and O–H groups in total. The van der Waals surface area contributed by atoms with Crippen LogP contribution in [0.15, 0.2) is 48.5 Å². The number of nitriles is 1. The van der Waals surface area contributed by atoms with E-state index < -0.39 is 0 Å². The third-order valence-electron chi connectivity index (χ3n) is 3.98. The topological polar surface area (TPSA) is 85.2 Å². The van der Waals surface area contributed by atoms with Crippen molar-refractivity contribution in [3.05, 3.63) is 54.1 Å². The first-order chi connectivity index (χ1) is 12.2. The van der Waals surface area contributed by atoms with Crippen molar-refractivity contribution in [2.75, 3.05) is 28.6 Å². The Morgan fingerprint density at radius 2 is 1.96 bits per heavy atom. The fourth-order valence-corrected chi connectivity index (χ4v) is 2.72. The third-order valence-corrected chi connectivity index (χ3v) is 3.98. The highest BCUT2D eigenvalue weighted by Crippen LogP contribution is 2.24. The predicted molar refractivity (Wildman–Crippen MR) is 96.3 cm³/mol. The van der Waals surface area contributed by atoms with Crippen LogP contribution in [0.5, 0.6) is 0 Å². The van der Waals surface area contributed by atoms with E-state index in [1.807, 2.05) is 24.3 Å². The minimum absolute atomic E-state index is 0.110. The zero-order valence-corrected chi connectivity index (χ0v) is 13.7. The first-order valence-corrected chi connectivity index (χ1v) is 8.10. The predicted octanol–water partition coefficient (Wildman–Crippen LogP) is 2.74. The molecular formula is C19H18N4O2. The van der Waals surface area contributed by atoms with Gasteiger partial charge in [0, 0.05) is 30.0 Å². The third kappa shape index (κ3) is 4.15. The Morgan fingerprint density at radius 3 is 2.64 bits per heavy atom. The van der Waals surface area contributed by atoms with Gasteiger partial charge in [0.1, 0.15) is 0 Å². The van der Waals surface area contributed by atoms with Crippen LogP contribution >= 0.6 is 0 Å². The van der Waals surface area contributed by atoms with Gasteiger partial charge in [0.05, 0.1) is 18.2 Å². The van der Waals surface area contributed by atoms with Gasteiger partial charge in [-0.25, -0.2) is 0 Å². The zero-order chi connectivity index (χ0) is 17.6. The maximum atomic E-state index is 12.1. The molecule has 0 bridgehead atoms. The Morgan fingerprint density at radius 1 is 1.16 bits per heavy atom. The molecule has 0 aromatic heterocycles. The molecule has 0 spiro atoms. The number of nitrogens with zero attached hydrogens (tertiary/aromatic N) is 2. The molecule has 3 rings (SSSR count). The number of nitrogens with one attached hydrogen (secondary N) is 2. The monoisotopic (exact) mass is 334 g/mol. The molecule has 126 valence electrons. The Labute approximate surface area is 146 Å². The van der Waals surface area contributed by atoms with Crippen LogP contribution in [0.25, 0.3) is 0 Å². The van der Waals surface area contributed by atoms with Gasteiger partial charge in [-0.1, -0.05) is 6.07 Å². The van der Waals surface area contributed by atoms with Gasteiger partial charge in [0.2, 0.25) is 11.8 Å². The summed E-state index contributed by atoms with van der Waals surface area (Å²) in [6, 6.07) is 16.2. The summed E-state index contributed by atoms with van der Waals surface area (Å²) >= 11 is 0. The van der Waals surface area contributed by atoms with Crippen LogP contribution < -0.4 is 15.5 Å². The van der Waals surface area contributed by atoms with Crippen molar-refractivity contribution >= 4 is 28.9 Å². The number of amides is 2. The van der Waals surface area contributed by atoms with Gasteiger partial charge in [-0.2, -0.15) is 5.26 Å². The number of anilines is 3. The molecule has 25 heavy (non-hydrogen) atoms. The molecule has 0 saturated carbocycles. The van der Waals surface area contributed by atoms with Gasteiger partial charge in [-0.15, -0.1) is 0 Å². The van der Waals surface area contributed by atoms with E-state index in [2.05, 4.69) is 10.6 Å². The summed E-state index contributed by atoms with van der Waals surface area (Å²) in [5, 5.41) is 14.6. The van der Waals surface area contributed by atoms with E-state index in [0.717, 1.165) is 24.3 Å². The Kier molecular flexibility index (Phi) is 4.95. The second kappa shape index (κ2) is 7.49. The first kappa shape index (κ1) is 16.5. The molecule has 6 nitrogen and oxygen atoms in total. The van der Waals surface area contributed by atoms with Crippen molar-refractivity contribution in [3.63, 3.8) is 0 Å². The minimum Gasteiger partial charge on any atom is -0.376 e. The van der Waals surface area contributed by atoms with Crippen LogP contribution in [0.1, 0.15) is 18.4 Å². The number of rotatable bonds is 5.